The molecule has 1 aromatic carbocycles. The Balaban J connectivity index is 1.80. The molecule has 1 aliphatic heterocycles. The van der Waals surface area contributed by atoms with Crippen molar-refractivity contribution in [3.05, 3.63) is 35.4 Å². The van der Waals surface area contributed by atoms with E-state index in [-0.39, 0.29) is 18.7 Å². The molecule has 1 saturated heterocycles. The normalized spacial score (nSPS) is 15.8. The third-order valence-electron chi connectivity index (χ3n) is 4.03. The summed E-state index contributed by atoms with van der Waals surface area (Å²) in [6.45, 7) is 1.18. The Morgan fingerprint density at radius 1 is 1.14 bits per heavy atom. The van der Waals surface area contributed by atoms with E-state index >= 15 is 0 Å². The predicted octanol–water partition coefficient (Wildman–Crippen LogP) is 2.61. The van der Waals surface area contributed by atoms with Gasteiger partial charge in [-0.05, 0) is 42.9 Å². The number of carboxylic acid groups (broad SMARTS) is 1. The number of benzene rings is 1. The molecule has 0 unspecified atom stereocenters. The van der Waals surface area contributed by atoms with Gasteiger partial charge in [-0.1, -0.05) is 6.07 Å². The number of carbonyl (C=O) groups is 2. The number of carboxylic acids is 1. The van der Waals surface area contributed by atoms with Crippen molar-refractivity contribution in [2.24, 2.45) is 5.92 Å². The van der Waals surface area contributed by atoms with Gasteiger partial charge >= 0.3 is 5.97 Å². The Hall–Kier alpha value is -1.98. The number of piperidine rings is 1. The number of hydrogen-bond donors (Lipinski definition) is 1. The number of likely N-dealkylation sites (tertiary alicyclic amines) is 1. The van der Waals surface area contributed by atoms with Crippen molar-refractivity contribution in [2.75, 3.05) is 13.1 Å². The van der Waals surface area contributed by atoms with Gasteiger partial charge in [0.2, 0.25) is 5.91 Å². The van der Waals surface area contributed by atoms with E-state index in [4.69, 9.17) is 5.11 Å². The summed E-state index contributed by atoms with van der Waals surface area (Å²) in [5.74, 6) is -2.45. The summed E-state index contributed by atoms with van der Waals surface area (Å²) in [6.07, 6.45) is 2.13. The van der Waals surface area contributed by atoms with Crippen molar-refractivity contribution in [3.63, 3.8) is 0 Å². The maximum absolute atomic E-state index is 13.2. The average molecular weight is 311 g/mol. The minimum absolute atomic E-state index is 0.0309. The van der Waals surface area contributed by atoms with Crippen LogP contribution in [0.4, 0.5) is 8.78 Å². The van der Waals surface area contributed by atoms with Crippen molar-refractivity contribution >= 4 is 11.9 Å². The van der Waals surface area contributed by atoms with Crippen LogP contribution in [-0.4, -0.2) is 35.0 Å². The summed E-state index contributed by atoms with van der Waals surface area (Å²) in [5, 5.41) is 8.58. The number of aliphatic carboxylic acids is 1. The highest BCUT2D eigenvalue weighted by molar-refractivity contribution is 5.80. The van der Waals surface area contributed by atoms with Crippen molar-refractivity contribution in [3.8, 4) is 0 Å². The first kappa shape index (κ1) is 16.4. The van der Waals surface area contributed by atoms with Gasteiger partial charge in [-0.25, -0.2) is 8.78 Å². The molecule has 2 rings (SSSR count). The third-order valence-corrected chi connectivity index (χ3v) is 4.03. The minimum atomic E-state index is -0.971. The molecule has 1 fully saturated rings. The van der Waals surface area contributed by atoms with Crippen LogP contribution in [0.5, 0.6) is 0 Å². The van der Waals surface area contributed by atoms with Crippen LogP contribution in [0.3, 0.4) is 0 Å². The smallest absolute Gasteiger partial charge is 0.303 e. The molecule has 1 aromatic rings. The molecule has 0 aliphatic carbocycles. The average Bonchev–Trinajstić information content (AvgIpc) is 2.49. The molecule has 0 atom stereocenters. The number of hydrogen-bond acceptors (Lipinski definition) is 2. The van der Waals surface area contributed by atoms with Gasteiger partial charge in [-0.15, -0.1) is 0 Å². The molecule has 0 radical (unpaired) electrons. The standard InChI is InChI=1S/C16H19F2NO3/c17-13-2-1-12(10-14(13)18)9-11-5-7-19(8-6-11)15(20)3-4-16(21)22/h1-2,10-11H,3-9H2,(H,21,22). The van der Waals surface area contributed by atoms with Gasteiger partial charge < -0.3 is 10.0 Å². The maximum atomic E-state index is 13.2. The van der Waals surface area contributed by atoms with Crippen LogP contribution in [0, 0.1) is 17.6 Å². The van der Waals surface area contributed by atoms with Gasteiger partial charge in [0.25, 0.3) is 0 Å². The largest absolute Gasteiger partial charge is 0.481 e. The number of carbonyl (C=O) groups excluding carboxylic acids is 1. The molecular formula is C16H19F2NO3. The fourth-order valence-electron chi connectivity index (χ4n) is 2.76. The summed E-state index contributed by atoms with van der Waals surface area (Å²) in [4.78, 5) is 24.0. The van der Waals surface area contributed by atoms with E-state index in [1.54, 1.807) is 11.0 Å². The van der Waals surface area contributed by atoms with Crippen molar-refractivity contribution in [1.29, 1.82) is 0 Å². The topological polar surface area (TPSA) is 57.6 Å². The Morgan fingerprint density at radius 3 is 2.41 bits per heavy atom. The Morgan fingerprint density at radius 2 is 1.82 bits per heavy atom. The summed E-state index contributed by atoms with van der Waals surface area (Å²) >= 11 is 0. The SMILES string of the molecule is O=C(O)CCC(=O)N1CCC(Cc2ccc(F)c(F)c2)CC1. The maximum Gasteiger partial charge on any atom is 0.303 e. The molecule has 0 bridgehead atoms. The fraction of sp³-hybridized carbons (Fsp3) is 0.500. The van der Waals surface area contributed by atoms with Crippen molar-refractivity contribution in [2.45, 2.75) is 32.1 Å². The van der Waals surface area contributed by atoms with E-state index in [0.717, 1.165) is 24.5 Å². The molecule has 0 spiro atoms. The van der Waals surface area contributed by atoms with Crippen LogP contribution >= 0.6 is 0 Å². The summed E-state index contributed by atoms with van der Waals surface area (Å²) in [5.41, 5.74) is 0.759. The molecule has 1 amide bonds. The van der Waals surface area contributed by atoms with E-state index in [9.17, 15) is 18.4 Å². The summed E-state index contributed by atoms with van der Waals surface area (Å²) in [7, 11) is 0. The zero-order valence-corrected chi connectivity index (χ0v) is 12.2. The fourth-order valence-corrected chi connectivity index (χ4v) is 2.76. The monoisotopic (exact) mass is 311 g/mol. The first-order chi connectivity index (χ1) is 10.5. The molecule has 4 nitrogen and oxygen atoms in total. The van der Waals surface area contributed by atoms with E-state index in [2.05, 4.69) is 0 Å². The number of nitrogens with zero attached hydrogens (tertiary/aromatic N) is 1. The van der Waals surface area contributed by atoms with Crippen LogP contribution in [0.15, 0.2) is 18.2 Å². The third kappa shape index (κ3) is 4.51. The lowest BCUT2D eigenvalue weighted by Gasteiger charge is -2.32. The van der Waals surface area contributed by atoms with Gasteiger partial charge in [0.15, 0.2) is 11.6 Å². The van der Waals surface area contributed by atoms with E-state index in [0.29, 0.717) is 25.4 Å². The molecule has 1 aliphatic rings. The van der Waals surface area contributed by atoms with Crippen LogP contribution in [-0.2, 0) is 16.0 Å². The summed E-state index contributed by atoms with van der Waals surface area (Å²) < 4.78 is 26.1. The van der Waals surface area contributed by atoms with E-state index < -0.39 is 17.6 Å². The number of amides is 1. The molecule has 1 heterocycles. The highest BCUT2D eigenvalue weighted by Crippen LogP contribution is 2.23. The highest BCUT2D eigenvalue weighted by Gasteiger charge is 2.23. The van der Waals surface area contributed by atoms with Crippen LogP contribution in [0.2, 0.25) is 0 Å². The zero-order chi connectivity index (χ0) is 16.1. The lowest BCUT2D eigenvalue weighted by Crippen LogP contribution is -2.39. The van der Waals surface area contributed by atoms with E-state index in [1.807, 2.05) is 0 Å². The quantitative estimate of drug-likeness (QED) is 0.909. The lowest BCUT2D eigenvalue weighted by atomic mass is 9.90. The van der Waals surface area contributed by atoms with Crippen LogP contribution in [0.25, 0.3) is 0 Å². The first-order valence-corrected chi connectivity index (χ1v) is 7.39. The van der Waals surface area contributed by atoms with Gasteiger partial charge in [-0.2, -0.15) is 0 Å². The van der Waals surface area contributed by atoms with Crippen LogP contribution in [0.1, 0.15) is 31.2 Å². The molecule has 0 saturated carbocycles. The van der Waals surface area contributed by atoms with Gasteiger partial charge in [0, 0.05) is 19.5 Å². The Kier molecular flexibility index (Phi) is 5.46. The van der Waals surface area contributed by atoms with Crippen molar-refractivity contribution < 1.29 is 23.5 Å². The molecule has 6 heteroatoms. The Labute approximate surface area is 127 Å². The van der Waals surface area contributed by atoms with Gasteiger partial charge in [0.1, 0.15) is 0 Å². The second-order valence-corrected chi connectivity index (χ2v) is 5.67. The van der Waals surface area contributed by atoms with E-state index in [1.165, 1.54) is 6.07 Å². The second-order valence-electron chi connectivity index (χ2n) is 5.67. The van der Waals surface area contributed by atoms with Crippen molar-refractivity contribution in [1.82, 2.24) is 4.90 Å². The lowest BCUT2D eigenvalue weighted by molar-refractivity contribution is -0.141. The molecule has 0 aromatic heterocycles. The van der Waals surface area contributed by atoms with Gasteiger partial charge in [-0.3, -0.25) is 9.59 Å². The molecular weight excluding hydrogens is 292 g/mol. The first-order valence-electron chi connectivity index (χ1n) is 7.39. The summed E-state index contributed by atoms with van der Waals surface area (Å²) in [6, 6.07) is 3.94. The molecule has 120 valence electrons. The Bertz CT molecular complexity index is 554. The van der Waals surface area contributed by atoms with Crippen LogP contribution < -0.4 is 0 Å². The highest BCUT2D eigenvalue weighted by atomic mass is 19.2. The predicted molar refractivity (Wildman–Crippen MR) is 76.2 cm³/mol. The minimum Gasteiger partial charge on any atom is -0.481 e. The number of rotatable bonds is 5. The zero-order valence-electron chi connectivity index (χ0n) is 12.2. The second kappa shape index (κ2) is 7.33. The molecule has 1 N–H and O–H groups in total. The van der Waals surface area contributed by atoms with Gasteiger partial charge in [0.05, 0.1) is 6.42 Å². The number of halogens is 2. The molecule has 22 heavy (non-hydrogen) atoms.